The average molecular weight is 303 g/mol. The van der Waals surface area contributed by atoms with Gasteiger partial charge in [0.1, 0.15) is 0 Å². The van der Waals surface area contributed by atoms with Gasteiger partial charge in [0.2, 0.25) is 10.0 Å². The molecular formula is C13H21NO3S2. The van der Waals surface area contributed by atoms with Crippen LogP contribution < -0.4 is 4.72 Å². The van der Waals surface area contributed by atoms with Crippen LogP contribution in [0.3, 0.4) is 0 Å². The number of aliphatic hydroxyl groups is 1. The van der Waals surface area contributed by atoms with Gasteiger partial charge in [0.05, 0.1) is 11.5 Å². The molecule has 108 valence electrons. The molecule has 4 nitrogen and oxygen atoms in total. The van der Waals surface area contributed by atoms with E-state index >= 15 is 0 Å². The number of hydrogen-bond donors (Lipinski definition) is 2. The van der Waals surface area contributed by atoms with Gasteiger partial charge < -0.3 is 5.11 Å². The maximum absolute atomic E-state index is 12.3. The summed E-state index contributed by atoms with van der Waals surface area (Å²) in [5, 5.41) is 10.9. The lowest BCUT2D eigenvalue weighted by molar-refractivity contribution is 0.241. The van der Waals surface area contributed by atoms with E-state index in [2.05, 4.69) is 18.6 Å². The van der Waals surface area contributed by atoms with Gasteiger partial charge in [0.25, 0.3) is 0 Å². The van der Waals surface area contributed by atoms with Gasteiger partial charge in [-0.1, -0.05) is 13.8 Å². The van der Waals surface area contributed by atoms with E-state index in [0.29, 0.717) is 16.7 Å². The summed E-state index contributed by atoms with van der Waals surface area (Å²) >= 11 is 1.27. The van der Waals surface area contributed by atoms with Crippen molar-refractivity contribution in [1.82, 2.24) is 4.72 Å². The summed E-state index contributed by atoms with van der Waals surface area (Å²) in [6.07, 6.45) is 2.84. The lowest BCUT2D eigenvalue weighted by Crippen LogP contribution is -2.39. The van der Waals surface area contributed by atoms with Gasteiger partial charge in [-0.15, -0.1) is 11.3 Å². The molecule has 1 saturated carbocycles. The highest BCUT2D eigenvalue weighted by molar-refractivity contribution is 7.89. The second kappa shape index (κ2) is 5.91. The molecule has 19 heavy (non-hydrogen) atoms. The van der Waals surface area contributed by atoms with E-state index in [1.807, 2.05) is 0 Å². The molecule has 1 aromatic heterocycles. The van der Waals surface area contributed by atoms with Gasteiger partial charge in [-0.25, -0.2) is 13.1 Å². The third-order valence-corrected chi connectivity index (χ3v) is 6.70. The summed E-state index contributed by atoms with van der Waals surface area (Å²) < 4.78 is 27.4. The minimum atomic E-state index is -3.50. The number of thiophene rings is 1. The van der Waals surface area contributed by atoms with Crippen molar-refractivity contribution >= 4 is 21.4 Å². The molecule has 0 radical (unpaired) electrons. The van der Waals surface area contributed by atoms with Crippen LogP contribution in [0.25, 0.3) is 0 Å². The maximum Gasteiger partial charge on any atom is 0.242 e. The summed E-state index contributed by atoms with van der Waals surface area (Å²) in [6.45, 7) is 4.17. The molecule has 3 atom stereocenters. The number of rotatable bonds is 4. The Balaban J connectivity index is 2.10. The Morgan fingerprint density at radius 2 is 2.11 bits per heavy atom. The van der Waals surface area contributed by atoms with Crippen LogP contribution in [0.4, 0.5) is 0 Å². The zero-order valence-electron chi connectivity index (χ0n) is 11.3. The van der Waals surface area contributed by atoms with Crippen molar-refractivity contribution < 1.29 is 13.5 Å². The third kappa shape index (κ3) is 3.37. The molecule has 0 saturated heterocycles. The number of hydrogen-bond acceptors (Lipinski definition) is 4. The minimum Gasteiger partial charge on any atom is -0.391 e. The second-order valence-corrected chi connectivity index (χ2v) is 8.14. The maximum atomic E-state index is 12.3. The molecule has 0 aromatic carbocycles. The highest BCUT2D eigenvalue weighted by Crippen LogP contribution is 2.30. The first-order valence-electron chi connectivity index (χ1n) is 6.63. The lowest BCUT2D eigenvalue weighted by Gasteiger charge is -2.32. The van der Waals surface area contributed by atoms with Crippen molar-refractivity contribution in [2.45, 2.75) is 50.7 Å². The molecule has 1 aliphatic carbocycles. The van der Waals surface area contributed by atoms with Crippen LogP contribution in [0, 0.1) is 11.8 Å². The van der Waals surface area contributed by atoms with Crippen LogP contribution in [0.1, 0.15) is 38.0 Å². The van der Waals surface area contributed by atoms with Gasteiger partial charge >= 0.3 is 0 Å². The van der Waals surface area contributed by atoms with E-state index in [1.54, 1.807) is 11.4 Å². The van der Waals surface area contributed by atoms with Gasteiger partial charge in [-0.05, 0) is 42.5 Å². The Labute approximate surface area is 118 Å². The van der Waals surface area contributed by atoms with Crippen molar-refractivity contribution in [3.63, 3.8) is 0 Å². The molecule has 0 spiro atoms. The van der Waals surface area contributed by atoms with Crippen molar-refractivity contribution in [2.75, 3.05) is 0 Å². The fourth-order valence-corrected chi connectivity index (χ4v) is 5.20. The predicted molar refractivity (Wildman–Crippen MR) is 76.5 cm³/mol. The highest BCUT2D eigenvalue weighted by atomic mass is 32.2. The molecular weight excluding hydrogens is 282 g/mol. The largest absolute Gasteiger partial charge is 0.391 e. The van der Waals surface area contributed by atoms with E-state index in [-0.39, 0.29) is 17.5 Å². The van der Waals surface area contributed by atoms with E-state index in [9.17, 15) is 13.5 Å². The predicted octanol–water partition coefficient (Wildman–Crippen LogP) is 2.34. The van der Waals surface area contributed by atoms with Crippen molar-refractivity contribution in [1.29, 1.82) is 0 Å². The molecule has 2 rings (SSSR count). The number of sulfonamides is 1. The van der Waals surface area contributed by atoms with Gasteiger partial charge in [-0.3, -0.25) is 0 Å². The zero-order chi connectivity index (χ0) is 14.0. The van der Waals surface area contributed by atoms with Gasteiger partial charge in [0, 0.05) is 10.9 Å². The number of aliphatic hydroxyl groups excluding tert-OH is 1. The summed E-state index contributed by atoms with van der Waals surface area (Å²) in [6, 6.07) is 1.58. The first-order valence-corrected chi connectivity index (χ1v) is 9.00. The Hall–Kier alpha value is -0.430. The van der Waals surface area contributed by atoms with Crippen LogP contribution in [-0.4, -0.2) is 19.6 Å². The Bertz CT molecular complexity index is 524. The standard InChI is InChI=1S/C13H21NO3S2/c1-9-3-4-11(7-10(9)2)14-19(16,17)13-5-6-18-12(13)8-15/h5-6,9-11,14-15H,3-4,7-8H2,1-2H3. The van der Waals surface area contributed by atoms with Crippen molar-refractivity contribution in [3.05, 3.63) is 16.3 Å². The Morgan fingerprint density at radius 3 is 2.74 bits per heavy atom. The van der Waals surface area contributed by atoms with E-state index in [1.165, 1.54) is 11.3 Å². The van der Waals surface area contributed by atoms with Crippen LogP contribution in [-0.2, 0) is 16.6 Å². The van der Waals surface area contributed by atoms with Gasteiger partial charge in [0.15, 0.2) is 0 Å². The Morgan fingerprint density at radius 1 is 1.37 bits per heavy atom. The normalized spacial score (nSPS) is 28.5. The summed E-state index contributed by atoms with van der Waals surface area (Å²) in [4.78, 5) is 0.732. The molecule has 0 aliphatic heterocycles. The van der Waals surface area contributed by atoms with Crippen LogP contribution in [0.5, 0.6) is 0 Å². The summed E-state index contributed by atoms with van der Waals surface area (Å²) in [5.74, 6) is 1.20. The highest BCUT2D eigenvalue weighted by Gasteiger charge is 2.29. The first kappa shape index (κ1) is 15.0. The quantitative estimate of drug-likeness (QED) is 0.897. The monoisotopic (exact) mass is 303 g/mol. The summed E-state index contributed by atoms with van der Waals surface area (Å²) in [5.41, 5.74) is 0. The fraction of sp³-hybridized carbons (Fsp3) is 0.692. The molecule has 1 heterocycles. The molecule has 1 fully saturated rings. The minimum absolute atomic E-state index is 0.0163. The van der Waals surface area contributed by atoms with Crippen LogP contribution in [0.15, 0.2) is 16.3 Å². The molecule has 3 unspecified atom stereocenters. The number of nitrogens with one attached hydrogen (secondary N) is 1. The fourth-order valence-electron chi connectivity index (χ4n) is 2.62. The first-order chi connectivity index (χ1) is 8.94. The average Bonchev–Trinajstić information content (AvgIpc) is 2.82. The topological polar surface area (TPSA) is 66.4 Å². The second-order valence-electron chi connectivity index (χ2n) is 5.45. The molecule has 1 aromatic rings. The molecule has 1 aliphatic rings. The summed E-state index contributed by atoms with van der Waals surface area (Å²) in [7, 11) is -3.50. The van der Waals surface area contributed by atoms with Crippen molar-refractivity contribution in [2.24, 2.45) is 11.8 Å². The molecule has 0 amide bonds. The van der Waals surface area contributed by atoms with Crippen molar-refractivity contribution in [3.8, 4) is 0 Å². The van der Waals surface area contributed by atoms with E-state index in [4.69, 9.17) is 0 Å². The molecule has 6 heteroatoms. The SMILES string of the molecule is CC1CCC(NS(=O)(=O)c2ccsc2CO)CC1C. The van der Waals surface area contributed by atoms with E-state index < -0.39 is 10.0 Å². The van der Waals surface area contributed by atoms with Crippen LogP contribution >= 0.6 is 11.3 Å². The van der Waals surface area contributed by atoms with Gasteiger partial charge in [-0.2, -0.15) is 0 Å². The third-order valence-electron chi connectivity index (χ3n) is 4.06. The smallest absolute Gasteiger partial charge is 0.242 e. The Kier molecular flexibility index (Phi) is 4.66. The zero-order valence-corrected chi connectivity index (χ0v) is 12.9. The lowest BCUT2D eigenvalue weighted by atomic mass is 9.79. The molecule has 2 N–H and O–H groups in total. The van der Waals surface area contributed by atoms with E-state index in [0.717, 1.165) is 19.3 Å². The molecule has 0 bridgehead atoms. The van der Waals surface area contributed by atoms with Crippen LogP contribution in [0.2, 0.25) is 0 Å².